The molecule has 2 heteroatoms. The Morgan fingerprint density at radius 3 is 2.32 bits per heavy atom. The molecule has 1 aromatic rings. The SMILES string of the molecule is CCOC(C(O)CCCc1ccccc1)C(C)(C)C. The fraction of sp³-hybridized carbons (Fsp3) is 0.647. The minimum atomic E-state index is -0.385. The van der Waals surface area contributed by atoms with E-state index < -0.39 is 0 Å². The average molecular weight is 264 g/mol. The minimum absolute atomic E-state index is 0.0256. The lowest BCUT2D eigenvalue weighted by Gasteiger charge is -2.34. The van der Waals surface area contributed by atoms with Gasteiger partial charge < -0.3 is 9.84 Å². The summed E-state index contributed by atoms with van der Waals surface area (Å²) >= 11 is 0. The molecule has 0 radical (unpaired) electrons. The van der Waals surface area contributed by atoms with Crippen molar-refractivity contribution in [1.82, 2.24) is 0 Å². The highest BCUT2D eigenvalue weighted by molar-refractivity contribution is 5.14. The summed E-state index contributed by atoms with van der Waals surface area (Å²) in [6.45, 7) is 8.99. The smallest absolute Gasteiger partial charge is 0.0881 e. The highest BCUT2D eigenvalue weighted by Gasteiger charge is 2.31. The van der Waals surface area contributed by atoms with Crippen LogP contribution in [0.5, 0.6) is 0 Å². The van der Waals surface area contributed by atoms with Crippen molar-refractivity contribution in [2.45, 2.75) is 59.2 Å². The van der Waals surface area contributed by atoms with Gasteiger partial charge in [0, 0.05) is 6.61 Å². The van der Waals surface area contributed by atoms with Crippen molar-refractivity contribution in [2.75, 3.05) is 6.61 Å². The van der Waals surface area contributed by atoms with Gasteiger partial charge in [-0.1, -0.05) is 51.1 Å². The fourth-order valence-corrected chi connectivity index (χ4v) is 2.43. The number of hydrogen-bond donors (Lipinski definition) is 1. The molecule has 1 N–H and O–H groups in total. The Kier molecular flexibility index (Phi) is 6.53. The van der Waals surface area contributed by atoms with E-state index in [0.717, 1.165) is 19.3 Å². The Labute approximate surface area is 117 Å². The van der Waals surface area contributed by atoms with Crippen LogP contribution in [0.15, 0.2) is 30.3 Å². The average Bonchev–Trinajstić information content (AvgIpc) is 2.35. The van der Waals surface area contributed by atoms with E-state index in [9.17, 15) is 5.11 Å². The highest BCUT2D eigenvalue weighted by Crippen LogP contribution is 2.27. The van der Waals surface area contributed by atoms with Crippen LogP contribution in [0.4, 0.5) is 0 Å². The molecule has 0 amide bonds. The number of aliphatic hydroxyl groups is 1. The molecule has 2 nitrogen and oxygen atoms in total. The van der Waals surface area contributed by atoms with Crippen LogP contribution in [0.25, 0.3) is 0 Å². The van der Waals surface area contributed by atoms with Crippen molar-refractivity contribution in [2.24, 2.45) is 5.41 Å². The predicted molar refractivity (Wildman–Crippen MR) is 80.3 cm³/mol. The Morgan fingerprint density at radius 1 is 1.16 bits per heavy atom. The van der Waals surface area contributed by atoms with Crippen molar-refractivity contribution >= 4 is 0 Å². The molecule has 1 aromatic carbocycles. The van der Waals surface area contributed by atoms with Gasteiger partial charge >= 0.3 is 0 Å². The molecule has 0 aliphatic rings. The molecule has 2 atom stereocenters. The van der Waals surface area contributed by atoms with Crippen LogP contribution in [0, 0.1) is 5.41 Å². The van der Waals surface area contributed by atoms with Crippen LogP contribution in [0.3, 0.4) is 0 Å². The van der Waals surface area contributed by atoms with Crippen molar-refractivity contribution in [3.8, 4) is 0 Å². The summed E-state index contributed by atoms with van der Waals surface area (Å²) in [5.41, 5.74) is 1.31. The van der Waals surface area contributed by atoms with Gasteiger partial charge in [-0.3, -0.25) is 0 Å². The number of hydrogen-bond acceptors (Lipinski definition) is 2. The van der Waals surface area contributed by atoms with Crippen molar-refractivity contribution in [1.29, 1.82) is 0 Å². The molecule has 0 saturated carbocycles. The molecular formula is C17H28O2. The summed E-state index contributed by atoms with van der Waals surface area (Å²) in [6.07, 6.45) is 2.32. The second kappa shape index (κ2) is 7.66. The van der Waals surface area contributed by atoms with Crippen molar-refractivity contribution < 1.29 is 9.84 Å². The first kappa shape index (κ1) is 16.2. The lowest BCUT2D eigenvalue weighted by molar-refractivity contribution is -0.0906. The zero-order valence-corrected chi connectivity index (χ0v) is 12.7. The lowest BCUT2D eigenvalue weighted by atomic mass is 9.84. The highest BCUT2D eigenvalue weighted by atomic mass is 16.5. The van der Waals surface area contributed by atoms with Crippen LogP contribution in [-0.4, -0.2) is 23.9 Å². The van der Waals surface area contributed by atoms with Crippen LogP contribution in [0.1, 0.15) is 46.1 Å². The molecule has 2 unspecified atom stereocenters. The maximum Gasteiger partial charge on any atom is 0.0881 e. The van der Waals surface area contributed by atoms with Crippen LogP contribution < -0.4 is 0 Å². The zero-order chi connectivity index (χ0) is 14.3. The van der Waals surface area contributed by atoms with Gasteiger partial charge in [-0.15, -0.1) is 0 Å². The monoisotopic (exact) mass is 264 g/mol. The van der Waals surface area contributed by atoms with E-state index >= 15 is 0 Å². The van der Waals surface area contributed by atoms with Crippen molar-refractivity contribution in [3.63, 3.8) is 0 Å². The third-order valence-corrected chi connectivity index (χ3v) is 3.36. The van der Waals surface area contributed by atoms with Gasteiger partial charge in [-0.05, 0) is 37.2 Å². The number of aliphatic hydroxyl groups excluding tert-OH is 1. The third-order valence-electron chi connectivity index (χ3n) is 3.36. The van der Waals surface area contributed by atoms with Gasteiger partial charge in [0.1, 0.15) is 0 Å². The second-order valence-corrected chi connectivity index (χ2v) is 6.19. The first-order valence-corrected chi connectivity index (χ1v) is 7.28. The summed E-state index contributed by atoms with van der Waals surface area (Å²) in [5.74, 6) is 0. The molecule has 19 heavy (non-hydrogen) atoms. The van der Waals surface area contributed by atoms with E-state index in [4.69, 9.17) is 4.74 Å². The van der Waals surface area contributed by atoms with Gasteiger partial charge in [0.2, 0.25) is 0 Å². The largest absolute Gasteiger partial charge is 0.390 e. The molecule has 0 heterocycles. The van der Waals surface area contributed by atoms with Gasteiger partial charge in [0.15, 0.2) is 0 Å². The summed E-state index contributed by atoms with van der Waals surface area (Å²) in [4.78, 5) is 0. The van der Waals surface area contributed by atoms with Gasteiger partial charge in [-0.2, -0.15) is 0 Å². The standard InChI is InChI=1S/C17H28O2/c1-5-19-16(17(2,3)4)15(18)13-9-12-14-10-7-6-8-11-14/h6-8,10-11,15-16,18H,5,9,12-13H2,1-4H3. The topological polar surface area (TPSA) is 29.5 Å². The molecule has 0 aliphatic heterocycles. The van der Waals surface area contributed by atoms with E-state index in [0.29, 0.717) is 6.61 Å². The zero-order valence-electron chi connectivity index (χ0n) is 12.7. The van der Waals surface area contributed by atoms with E-state index in [2.05, 4.69) is 45.0 Å². The number of benzene rings is 1. The molecule has 0 fully saturated rings. The first-order chi connectivity index (χ1) is 8.95. The van der Waals surface area contributed by atoms with Crippen molar-refractivity contribution in [3.05, 3.63) is 35.9 Å². The molecule has 0 aliphatic carbocycles. The first-order valence-electron chi connectivity index (χ1n) is 7.28. The molecule has 1 rings (SSSR count). The quantitative estimate of drug-likeness (QED) is 0.811. The minimum Gasteiger partial charge on any atom is -0.390 e. The summed E-state index contributed by atoms with van der Waals surface area (Å²) < 4.78 is 5.72. The number of rotatable bonds is 7. The molecule has 0 aromatic heterocycles. The molecule has 0 spiro atoms. The van der Waals surface area contributed by atoms with Crippen LogP contribution >= 0.6 is 0 Å². The number of aryl methyl sites for hydroxylation is 1. The van der Waals surface area contributed by atoms with Crippen LogP contribution in [-0.2, 0) is 11.2 Å². The van der Waals surface area contributed by atoms with Gasteiger partial charge in [-0.25, -0.2) is 0 Å². The van der Waals surface area contributed by atoms with E-state index in [1.807, 2.05) is 13.0 Å². The summed E-state index contributed by atoms with van der Waals surface area (Å²) in [7, 11) is 0. The van der Waals surface area contributed by atoms with Gasteiger partial charge in [0.05, 0.1) is 12.2 Å². The van der Waals surface area contributed by atoms with E-state index in [1.54, 1.807) is 0 Å². The predicted octanol–water partition coefficient (Wildman–Crippen LogP) is 3.82. The Hall–Kier alpha value is -0.860. The Morgan fingerprint density at radius 2 is 1.79 bits per heavy atom. The lowest BCUT2D eigenvalue weighted by Crippen LogP contribution is -2.40. The molecule has 108 valence electrons. The van der Waals surface area contributed by atoms with E-state index in [1.165, 1.54) is 5.56 Å². The third kappa shape index (κ3) is 5.75. The summed E-state index contributed by atoms with van der Waals surface area (Å²) in [5, 5.41) is 10.3. The Balaban J connectivity index is 2.42. The molecule has 0 saturated heterocycles. The Bertz CT molecular complexity index is 340. The molecule has 0 bridgehead atoms. The van der Waals surface area contributed by atoms with E-state index in [-0.39, 0.29) is 17.6 Å². The molecular weight excluding hydrogens is 236 g/mol. The normalized spacial score (nSPS) is 15.2. The maximum absolute atomic E-state index is 10.3. The fourth-order valence-electron chi connectivity index (χ4n) is 2.43. The number of ether oxygens (including phenoxy) is 1. The van der Waals surface area contributed by atoms with Crippen LogP contribution in [0.2, 0.25) is 0 Å². The maximum atomic E-state index is 10.3. The second-order valence-electron chi connectivity index (χ2n) is 6.19. The summed E-state index contributed by atoms with van der Waals surface area (Å²) in [6, 6.07) is 10.4. The van der Waals surface area contributed by atoms with Gasteiger partial charge in [0.25, 0.3) is 0 Å².